The van der Waals surface area contributed by atoms with Gasteiger partial charge in [-0.3, -0.25) is 10.1 Å². The zero-order chi connectivity index (χ0) is 22.3. The SMILES string of the molecule is O=S(=O)(c1ccc(C(F)(F)F)nc1)N1C2Cc3n[nH]cc3[C@H]1c1cccc(C3CC3)c1C2. The van der Waals surface area contributed by atoms with Crippen LogP contribution in [0.25, 0.3) is 0 Å². The number of H-pyrrole nitrogens is 1. The molecule has 1 aromatic carbocycles. The molecular weight excluding hydrogens is 441 g/mol. The Kier molecular flexibility index (Phi) is 4.14. The van der Waals surface area contributed by atoms with Crippen molar-refractivity contribution in [3.63, 3.8) is 0 Å². The third kappa shape index (κ3) is 2.92. The number of benzene rings is 1. The molecule has 6 rings (SSSR count). The second-order valence-corrected chi connectivity index (χ2v) is 10.5. The molecule has 0 radical (unpaired) electrons. The molecule has 3 aromatic rings. The van der Waals surface area contributed by atoms with E-state index in [1.807, 2.05) is 12.1 Å². The minimum absolute atomic E-state index is 0.241. The zero-order valence-electron chi connectivity index (χ0n) is 16.8. The van der Waals surface area contributed by atoms with Crippen molar-refractivity contribution in [1.82, 2.24) is 19.5 Å². The minimum Gasteiger partial charge on any atom is -0.285 e. The summed E-state index contributed by atoms with van der Waals surface area (Å²) in [6.45, 7) is 0. The first kappa shape index (κ1) is 19.9. The van der Waals surface area contributed by atoms with Crippen LogP contribution in [-0.2, 0) is 29.0 Å². The monoisotopic (exact) mass is 460 g/mol. The number of aromatic nitrogens is 3. The van der Waals surface area contributed by atoms with Crippen molar-refractivity contribution < 1.29 is 21.6 Å². The van der Waals surface area contributed by atoms with Gasteiger partial charge in [0.1, 0.15) is 10.6 Å². The van der Waals surface area contributed by atoms with E-state index in [0.29, 0.717) is 18.8 Å². The second-order valence-electron chi connectivity index (χ2n) is 8.65. The molecule has 2 bridgehead atoms. The summed E-state index contributed by atoms with van der Waals surface area (Å²) in [6, 6.07) is 6.82. The van der Waals surface area contributed by atoms with Gasteiger partial charge in [-0.1, -0.05) is 18.2 Å². The van der Waals surface area contributed by atoms with Crippen LogP contribution < -0.4 is 0 Å². The fraction of sp³-hybridized carbons (Fsp3) is 0.364. The van der Waals surface area contributed by atoms with Gasteiger partial charge in [-0.25, -0.2) is 8.42 Å². The number of aromatic amines is 1. The standard InChI is InChI=1S/C22H19F3N4O2S/c23-22(24,25)20-7-6-14(10-26-20)32(30,31)29-13-8-17-15(12-4-5-12)2-1-3-16(17)21(29)18-11-27-28-19(18)9-13/h1-3,6-7,10-13,21H,4-5,8-9H2,(H,27,28)/t13?,21-/m1/s1. The molecule has 166 valence electrons. The van der Waals surface area contributed by atoms with Gasteiger partial charge in [0.15, 0.2) is 0 Å². The minimum atomic E-state index is -4.63. The van der Waals surface area contributed by atoms with Crippen molar-refractivity contribution >= 4 is 10.0 Å². The number of nitrogens with zero attached hydrogens (tertiary/aromatic N) is 3. The Bertz CT molecular complexity index is 1310. The molecule has 1 saturated carbocycles. The van der Waals surface area contributed by atoms with Crippen LogP contribution >= 0.6 is 0 Å². The normalized spacial score (nSPS) is 23.0. The molecule has 32 heavy (non-hydrogen) atoms. The highest BCUT2D eigenvalue weighted by molar-refractivity contribution is 7.89. The van der Waals surface area contributed by atoms with Crippen LogP contribution in [0, 0.1) is 0 Å². The number of pyridine rings is 1. The fourth-order valence-electron chi connectivity index (χ4n) is 5.14. The van der Waals surface area contributed by atoms with Crippen LogP contribution in [0.2, 0.25) is 0 Å². The van der Waals surface area contributed by atoms with E-state index in [1.54, 1.807) is 6.20 Å². The number of fused-ring (bicyclic) bond motifs is 6. The lowest BCUT2D eigenvalue weighted by Gasteiger charge is -2.45. The van der Waals surface area contributed by atoms with Crippen molar-refractivity contribution in [2.75, 3.05) is 0 Å². The Labute approximate surface area is 182 Å². The van der Waals surface area contributed by atoms with E-state index in [1.165, 1.54) is 15.4 Å². The zero-order valence-corrected chi connectivity index (χ0v) is 17.6. The second kappa shape index (κ2) is 6.64. The van der Waals surface area contributed by atoms with E-state index < -0.39 is 27.9 Å². The van der Waals surface area contributed by atoms with Crippen molar-refractivity contribution in [3.05, 3.63) is 76.4 Å². The Morgan fingerprint density at radius 2 is 1.81 bits per heavy atom. The molecule has 2 aromatic heterocycles. The van der Waals surface area contributed by atoms with Crippen LogP contribution in [0.1, 0.15) is 58.4 Å². The summed E-state index contributed by atoms with van der Waals surface area (Å²) in [5, 5.41) is 7.19. The highest BCUT2D eigenvalue weighted by atomic mass is 32.2. The van der Waals surface area contributed by atoms with Gasteiger partial charge in [-0.05, 0) is 54.0 Å². The summed E-state index contributed by atoms with van der Waals surface area (Å²) < 4.78 is 67.7. The predicted octanol–water partition coefficient (Wildman–Crippen LogP) is 3.96. The number of nitrogens with one attached hydrogen (secondary N) is 1. The Hall–Kier alpha value is -2.72. The Morgan fingerprint density at radius 3 is 2.50 bits per heavy atom. The number of sulfonamides is 1. The highest BCUT2D eigenvalue weighted by Crippen LogP contribution is 2.50. The molecule has 0 spiro atoms. The molecule has 10 heteroatoms. The molecule has 0 amide bonds. The number of alkyl halides is 3. The summed E-state index contributed by atoms with van der Waals surface area (Å²) in [4.78, 5) is 3.14. The van der Waals surface area contributed by atoms with Gasteiger partial charge in [-0.2, -0.15) is 22.6 Å². The molecule has 2 atom stereocenters. The van der Waals surface area contributed by atoms with Crippen molar-refractivity contribution in [2.24, 2.45) is 0 Å². The van der Waals surface area contributed by atoms with Gasteiger partial charge < -0.3 is 0 Å². The summed E-state index contributed by atoms with van der Waals surface area (Å²) in [6.07, 6.45) is 1.18. The predicted molar refractivity (Wildman–Crippen MR) is 108 cm³/mol. The van der Waals surface area contributed by atoms with Crippen LogP contribution in [0.4, 0.5) is 13.2 Å². The van der Waals surface area contributed by atoms with Crippen molar-refractivity contribution in [1.29, 1.82) is 0 Å². The Balaban J connectivity index is 1.49. The van der Waals surface area contributed by atoms with Gasteiger partial charge in [0, 0.05) is 30.4 Å². The molecule has 1 aliphatic carbocycles. The average Bonchev–Trinajstić information content (AvgIpc) is 3.50. The molecule has 0 saturated heterocycles. The van der Waals surface area contributed by atoms with Gasteiger partial charge in [0.25, 0.3) is 0 Å². The number of hydrogen-bond acceptors (Lipinski definition) is 4. The van der Waals surface area contributed by atoms with E-state index in [4.69, 9.17) is 0 Å². The lowest BCUT2D eigenvalue weighted by molar-refractivity contribution is -0.141. The molecule has 4 heterocycles. The molecule has 1 fully saturated rings. The average molecular weight is 460 g/mol. The van der Waals surface area contributed by atoms with E-state index in [9.17, 15) is 21.6 Å². The first-order valence-corrected chi connectivity index (χ1v) is 11.9. The highest BCUT2D eigenvalue weighted by Gasteiger charge is 2.49. The van der Waals surface area contributed by atoms with Crippen LogP contribution in [0.5, 0.6) is 0 Å². The topological polar surface area (TPSA) is 79.0 Å². The van der Waals surface area contributed by atoms with Gasteiger partial charge in [-0.15, -0.1) is 0 Å². The lowest BCUT2D eigenvalue weighted by atomic mass is 9.78. The fourth-order valence-corrected chi connectivity index (χ4v) is 6.86. The first-order valence-electron chi connectivity index (χ1n) is 10.5. The number of hydrogen-bond donors (Lipinski definition) is 1. The lowest BCUT2D eigenvalue weighted by Crippen LogP contribution is -2.51. The third-order valence-electron chi connectivity index (χ3n) is 6.69. The molecule has 3 aliphatic rings. The maximum atomic E-state index is 13.7. The molecule has 1 unspecified atom stereocenters. The molecule has 2 aliphatic heterocycles. The molecular formula is C22H19F3N4O2S. The summed E-state index contributed by atoms with van der Waals surface area (Å²) in [5.41, 5.74) is 3.92. The maximum absolute atomic E-state index is 13.7. The number of rotatable bonds is 3. The van der Waals surface area contributed by atoms with E-state index in [-0.39, 0.29) is 10.9 Å². The summed E-state index contributed by atoms with van der Waals surface area (Å²) >= 11 is 0. The van der Waals surface area contributed by atoms with E-state index in [0.717, 1.165) is 48.0 Å². The smallest absolute Gasteiger partial charge is 0.285 e. The van der Waals surface area contributed by atoms with E-state index in [2.05, 4.69) is 21.2 Å². The van der Waals surface area contributed by atoms with Gasteiger partial charge in [0.2, 0.25) is 10.0 Å². The third-order valence-corrected chi connectivity index (χ3v) is 8.59. The van der Waals surface area contributed by atoms with E-state index >= 15 is 0 Å². The largest absolute Gasteiger partial charge is 0.433 e. The van der Waals surface area contributed by atoms with Crippen molar-refractivity contribution in [3.8, 4) is 0 Å². The van der Waals surface area contributed by atoms with Gasteiger partial charge in [0.05, 0.1) is 11.7 Å². The van der Waals surface area contributed by atoms with Crippen molar-refractivity contribution in [2.45, 2.75) is 54.8 Å². The van der Waals surface area contributed by atoms with Crippen LogP contribution in [0.3, 0.4) is 0 Å². The molecule has 1 N–H and O–H groups in total. The first-order chi connectivity index (χ1) is 15.2. The Morgan fingerprint density at radius 1 is 1.03 bits per heavy atom. The van der Waals surface area contributed by atoms with Crippen LogP contribution in [-0.4, -0.2) is 33.9 Å². The van der Waals surface area contributed by atoms with Gasteiger partial charge >= 0.3 is 6.18 Å². The summed E-state index contributed by atoms with van der Waals surface area (Å²) in [7, 11) is -4.10. The number of halogens is 3. The van der Waals surface area contributed by atoms with Crippen LogP contribution in [0.15, 0.2) is 47.6 Å². The quantitative estimate of drug-likeness (QED) is 0.642. The summed E-state index contributed by atoms with van der Waals surface area (Å²) in [5.74, 6) is 0.525. The maximum Gasteiger partial charge on any atom is 0.433 e. The molecule has 6 nitrogen and oxygen atoms in total.